The number of aryl methyl sites for hydroxylation is 1. The van der Waals surface area contributed by atoms with Crippen LogP contribution in [0.1, 0.15) is 11.1 Å². The number of hydrogen-bond donors (Lipinski definition) is 3. The molecule has 0 aromatic carbocycles. The molecule has 6 N–H and O–H groups in total. The van der Waals surface area contributed by atoms with Crippen molar-refractivity contribution in [2.45, 2.75) is 13.5 Å². The third-order valence-corrected chi connectivity index (χ3v) is 1.80. The summed E-state index contributed by atoms with van der Waals surface area (Å²) in [6.07, 6.45) is 3.46. The molecule has 0 unspecified atom stereocenters. The lowest BCUT2D eigenvalue weighted by molar-refractivity contribution is 1.01. The Kier molecular flexibility index (Phi) is 3.61. The molecule has 0 spiro atoms. The minimum Gasteiger partial charge on any atom is -0.370 e. The summed E-state index contributed by atoms with van der Waals surface area (Å²) in [6.45, 7) is 2.39. The van der Waals surface area contributed by atoms with Gasteiger partial charge in [-0.25, -0.2) is 4.99 Å². The number of aliphatic imine (C=N–C) groups is 2. The maximum Gasteiger partial charge on any atom is 0.218 e. The average Bonchev–Trinajstić information content (AvgIpc) is 2.15. The van der Waals surface area contributed by atoms with Gasteiger partial charge in [-0.1, -0.05) is 0 Å². The topological polar surface area (TPSA) is 116 Å². The van der Waals surface area contributed by atoms with Crippen molar-refractivity contribution in [2.75, 3.05) is 0 Å². The van der Waals surface area contributed by atoms with Crippen LogP contribution in [0.15, 0.2) is 28.4 Å². The Labute approximate surface area is 87.9 Å². The van der Waals surface area contributed by atoms with Crippen LogP contribution < -0.4 is 17.2 Å². The Hall–Kier alpha value is -2.11. The average molecular weight is 206 g/mol. The van der Waals surface area contributed by atoms with Gasteiger partial charge in [-0.05, 0) is 24.1 Å². The Morgan fingerprint density at radius 3 is 2.73 bits per heavy atom. The molecule has 0 atom stereocenters. The lowest BCUT2D eigenvalue weighted by Gasteiger charge is -2.00. The highest BCUT2D eigenvalue weighted by atomic mass is 15.1. The van der Waals surface area contributed by atoms with E-state index in [1.165, 1.54) is 0 Å². The van der Waals surface area contributed by atoms with Crippen molar-refractivity contribution in [2.24, 2.45) is 27.2 Å². The summed E-state index contributed by atoms with van der Waals surface area (Å²) in [6, 6.07) is 1.90. The molecule has 0 aliphatic heterocycles. The van der Waals surface area contributed by atoms with Crippen LogP contribution >= 0.6 is 0 Å². The van der Waals surface area contributed by atoms with E-state index in [1.54, 1.807) is 12.4 Å². The van der Waals surface area contributed by atoms with Crippen LogP contribution in [0, 0.1) is 6.92 Å². The van der Waals surface area contributed by atoms with E-state index in [1.807, 2.05) is 13.0 Å². The fourth-order valence-electron chi connectivity index (χ4n) is 0.996. The number of guanidine groups is 2. The molecule has 0 saturated carbocycles. The fraction of sp³-hybridized carbons (Fsp3) is 0.222. The van der Waals surface area contributed by atoms with Crippen molar-refractivity contribution in [3.05, 3.63) is 29.6 Å². The highest BCUT2D eigenvalue weighted by Gasteiger charge is 1.96. The molecule has 0 amide bonds. The first-order valence-electron chi connectivity index (χ1n) is 4.38. The first-order valence-corrected chi connectivity index (χ1v) is 4.38. The third kappa shape index (κ3) is 3.63. The molecular weight excluding hydrogens is 192 g/mol. The summed E-state index contributed by atoms with van der Waals surface area (Å²) < 4.78 is 0. The van der Waals surface area contributed by atoms with Crippen LogP contribution in [0.3, 0.4) is 0 Å². The lowest BCUT2D eigenvalue weighted by Crippen LogP contribution is -2.26. The van der Waals surface area contributed by atoms with Crippen LogP contribution in [0.5, 0.6) is 0 Å². The molecule has 15 heavy (non-hydrogen) atoms. The molecule has 0 bridgehead atoms. The first kappa shape index (κ1) is 11.0. The minimum atomic E-state index is -0.0980. The molecule has 0 saturated heterocycles. The zero-order valence-electron chi connectivity index (χ0n) is 8.51. The predicted octanol–water partition coefficient (Wildman–Crippen LogP) is -0.522. The van der Waals surface area contributed by atoms with Gasteiger partial charge in [0.05, 0.1) is 6.54 Å². The highest BCUT2D eigenvalue weighted by Crippen LogP contribution is 2.05. The van der Waals surface area contributed by atoms with E-state index in [0.29, 0.717) is 6.54 Å². The molecule has 6 nitrogen and oxygen atoms in total. The first-order chi connectivity index (χ1) is 7.09. The maximum atomic E-state index is 5.45. The molecule has 0 radical (unpaired) electrons. The predicted molar refractivity (Wildman–Crippen MR) is 60.1 cm³/mol. The van der Waals surface area contributed by atoms with Crippen molar-refractivity contribution in [3.63, 3.8) is 0 Å². The largest absolute Gasteiger partial charge is 0.370 e. The van der Waals surface area contributed by atoms with Gasteiger partial charge in [-0.3, -0.25) is 4.98 Å². The van der Waals surface area contributed by atoms with Crippen molar-refractivity contribution < 1.29 is 0 Å². The molecule has 1 aromatic rings. The van der Waals surface area contributed by atoms with Crippen LogP contribution in [0.2, 0.25) is 0 Å². The summed E-state index contributed by atoms with van der Waals surface area (Å²) in [5, 5.41) is 0. The third-order valence-electron chi connectivity index (χ3n) is 1.80. The number of hydrogen-bond acceptors (Lipinski definition) is 2. The Balaban J connectivity index is 2.72. The molecule has 1 aromatic heterocycles. The molecule has 0 aliphatic rings. The minimum absolute atomic E-state index is 0.0678. The second kappa shape index (κ2) is 4.94. The quantitative estimate of drug-likeness (QED) is 0.446. The molecule has 1 heterocycles. The number of nitrogens with two attached hydrogens (primary N) is 3. The van der Waals surface area contributed by atoms with E-state index >= 15 is 0 Å². The number of pyridine rings is 1. The molecule has 6 heteroatoms. The van der Waals surface area contributed by atoms with Gasteiger partial charge in [0.2, 0.25) is 5.96 Å². The van der Waals surface area contributed by atoms with Gasteiger partial charge in [0, 0.05) is 12.4 Å². The second-order valence-corrected chi connectivity index (χ2v) is 3.01. The van der Waals surface area contributed by atoms with Gasteiger partial charge >= 0.3 is 0 Å². The van der Waals surface area contributed by atoms with Gasteiger partial charge in [-0.2, -0.15) is 4.99 Å². The molecule has 1 rings (SSSR count). The van der Waals surface area contributed by atoms with Crippen LogP contribution in [0.25, 0.3) is 0 Å². The maximum absolute atomic E-state index is 5.45. The zero-order valence-corrected chi connectivity index (χ0v) is 8.51. The summed E-state index contributed by atoms with van der Waals surface area (Å²) >= 11 is 0. The number of nitrogens with zero attached hydrogens (tertiary/aromatic N) is 3. The van der Waals surface area contributed by atoms with E-state index in [-0.39, 0.29) is 11.9 Å². The van der Waals surface area contributed by atoms with Crippen molar-refractivity contribution in [1.29, 1.82) is 0 Å². The standard InChI is InChI=1S/C9H14N6/c1-6-2-3-13-4-7(6)5-14-9(12)15-8(10)11/h2-4H,5H2,1H3,(H6,10,11,12,14,15). The van der Waals surface area contributed by atoms with E-state index in [9.17, 15) is 0 Å². The zero-order chi connectivity index (χ0) is 11.3. The number of rotatable bonds is 2. The summed E-state index contributed by atoms with van der Waals surface area (Å²) in [5.74, 6) is -0.0302. The van der Waals surface area contributed by atoms with E-state index in [4.69, 9.17) is 17.2 Å². The van der Waals surface area contributed by atoms with Gasteiger partial charge in [0.15, 0.2) is 5.96 Å². The van der Waals surface area contributed by atoms with Crippen molar-refractivity contribution >= 4 is 11.9 Å². The monoisotopic (exact) mass is 206 g/mol. The molecule has 0 fully saturated rings. The van der Waals surface area contributed by atoms with Gasteiger partial charge in [-0.15, -0.1) is 0 Å². The Morgan fingerprint density at radius 1 is 1.40 bits per heavy atom. The summed E-state index contributed by atoms with van der Waals surface area (Å²) in [4.78, 5) is 11.6. The Morgan fingerprint density at radius 2 is 2.13 bits per heavy atom. The smallest absolute Gasteiger partial charge is 0.218 e. The van der Waals surface area contributed by atoms with Crippen LogP contribution in [-0.2, 0) is 6.54 Å². The van der Waals surface area contributed by atoms with E-state index in [0.717, 1.165) is 11.1 Å². The normalized spacial score (nSPS) is 11.1. The second-order valence-electron chi connectivity index (χ2n) is 3.01. The SMILES string of the molecule is Cc1ccncc1CN=C(N)N=C(N)N. The van der Waals surface area contributed by atoms with Gasteiger partial charge in [0.1, 0.15) is 0 Å². The van der Waals surface area contributed by atoms with Gasteiger partial charge in [0.25, 0.3) is 0 Å². The van der Waals surface area contributed by atoms with Crippen molar-refractivity contribution in [3.8, 4) is 0 Å². The van der Waals surface area contributed by atoms with Crippen molar-refractivity contribution in [1.82, 2.24) is 4.98 Å². The van der Waals surface area contributed by atoms with Crippen LogP contribution in [-0.4, -0.2) is 16.9 Å². The Bertz CT molecular complexity index is 391. The summed E-state index contributed by atoms with van der Waals surface area (Å²) in [7, 11) is 0. The number of aromatic nitrogens is 1. The van der Waals surface area contributed by atoms with Gasteiger partial charge < -0.3 is 17.2 Å². The lowest BCUT2D eigenvalue weighted by atomic mass is 10.2. The highest BCUT2D eigenvalue weighted by molar-refractivity contribution is 5.92. The summed E-state index contributed by atoms with van der Waals surface area (Å²) in [5.41, 5.74) is 17.8. The van der Waals surface area contributed by atoms with E-state index < -0.39 is 0 Å². The molecular formula is C9H14N6. The molecule has 80 valence electrons. The van der Waals surface area contributed by atoms with Crippen LogP contribution in [0.4, 0.5) is 0 Å². The molecule has 0 aliphatic carbocycles. The fourth-order valence-corrected chi connectivity index (χ4v) is 0.996. The van der Waals surface area contributed by atoms with E-state index in [2.05, 4.69) is 15.0 Å².